The number of para-hydroxylation sites is 2. The summed E-state index contributed by atoms with van der Waals surface area (Å²) >= 11 is 6.15. The fraction of sp³-hybridized carbons (Fsp3) is 0.360. The number of aromatic nitrogens is 2. The van der Waals surface area contributed by atoms with E-state index >= 15 is 0 Å². The predicted molar refractivity (Wildman–Crippen MR) is 125 cm³/mol. The highest BCUT2D eigenvalue weighted by Gasteiger charge is 2.34. The summed E-state index contributed by atoms with van der Waals surface area (Å²) < 4.78 is 19.0. The molecule has 2 aliphatic rings. The number of benzene rings is 2. The summed E-state index contributed by atoms with van der Waals surface area (Å²) in [5.74, 6) is 0.770. The first kappa shape index (κ1) is 21.8. The number of carbonyl (C=O) groups is 1. The summed E-state index contributed by atoms with van der Waals surface area (Å²) in [6.45, 7) is 4.75. The van der Waals surface area contributed by atoms with E-state index in [1.165, 1.54) is 0 Å². The number of rotatable bonds is 5. The second kappa shape index (κ2) is 9.45. The van der Waals surface area contributed by atoms with Gasteiger partial charge in [-0.05, 0) is 31.2 Å². The maximum Gasteiger partial charge on any atom is 0.410 e. The average Bonchev–Trinajstić information content (AvgIpc) is 3.38. The van der Waals surface area contributed by atoms with Gasteiger partial charge in [0.25, 0.3) is 0 Å². The summed E-state index contributed by atoms with van der Waals surface area (Å²) in [5.41, 5.74) is 4.87. The number of fused-ring (bicyclic) bond motifs is 1. The Kier molecular flexibility index (Phi) is 6.24. The van der Waals surface area contributed by atoms with Crippen molar-refractivity contribution in [2.75, 3.05) is 32.9 Å². The van der Waals surface area contributed by atoms with Crippen molar-refractivity contribution in [3.05, 3.63) is 64.8 Å². The lowest BCUT2D eigenvalue weighted by molar-refractivity contribution is 0.0141. The Bertz CT molecular complexity index is 1140. The van der Waals surface area contributed by atoms with Crippen LogP contribution in [0.5, 0.6) is 5.75 Å². The van der Waals surface area contributed by atoms with E-state index in [0.717, 1.165) is 34.0 Å². The third-order valence-electron chi connectivity index (χ3n) is 5.97. The molecule has 2 heterocycles. The van der Waals surface area contributed by atoms with E-state index in [1.807, 2.05) is 60.1 Å². The summed E-state index contributed by atoms with van der Waals surface area (Å²) in [4.78, 5) is 14.3. The van der Waals surface area contributed by atoms with Crippen molar-refractivity contribution in [3.63, 3.8) is 0 Å². The Morgan fingerprint density at radius 1 is 1.12 bits per heavy atom. The summed E-state index contributed by atoms with van der Waals surface area (Å²) in [7, 11) is 0. The first-order valence-corrected chi connectivity index (χ1v) is 11.6. The highest BCUT2D eigenvalue weighted by molar-refractivity contribution is 6.30. The van der Waals surface area contributed by atoms with Gasteiger partial charge in [-0.15, -0.1) is 0 Å². The van der Waals surface area contributed by atoms with Crippen LogP contribution in [0.15, 0.2) is 48.5 Å². The SMILES string of the molecule is CCOc1ccccc1-n1nc2c(c1-c1ccc(Cl)cc1)CC(OC(=O)N1CCOCC1)C2. The van der Waals surface area contributed by atoms with Gasteiger partial charge in [0.2, 0.25) is 0 Å². The molecule has 172 valence electrons. The maximum absolute atomic E-state index is 12.6. The lowest BCUT2D eigenvalue weighted by atomic mass is 10.1. The molecule has 1 amide bonds. The fourth-order valence-corrected chi connectivity index (χ4v) is 4.55. The highest BCUT2D eigenvalue weighted by atomic mass is 35.5. The van der Waals surface area contributed by atoms with Crippen LogP contribution in [0.2, 0.25) is 5.02 Å². The molecular weight excluding hydrogens is 442 g/mol. The summed E-state index contributed by atoms with van der Waals surface area (Å²) in [6.07, 6.45) is 0.674. The Morgan fingerprint density at radius 3 is 2.64 bits per heavy atom. The molecule has 3 aromatic rings. The molecule has 33 heavy (non-hydrogen) atoms. The molecule has 1 unspecified atom stereocenters. The number of ether oxygens (including phenoxy) is 3. The number of carbonyl (C=O) groups excluding carboxylic acids is 1. The van der Waals surface area contributed by atoms with Gasteiger partial charge in [0.1, 0.15) is 17.5 Å². The van der Waals surface area contributed by atoms with Crippen LogP contribution in [0.3, 0.4) is 0 Å². The molecule has 8 heteroatoms. The number of hydrogen-bond donors (Lipinski definition) is 0. The van der Waals surface area contributed by atoms with Gasteiger partial charge in [0, 0.05) is 42.1 Å². The van der Waals surface area contributed by atoms with E-state index in [0.29, 0.717) is 50.8 Å². The fourth-order valence-electron chi connectivity index (χ4n) is 4.42. The predicted octanol–water partition coefficient (Wildman–Crippen LogP) is 4.53. The van der Waals surface area contributed by atoms with Crippen molar-refractivity contribution in [3.8, 4) is 22.7 Å². The first-order chi connectivity index (χ1) is 16.1. The molecule has 2 aromatic carbocycles. The molecule has 1 aliphatic carbocycles. The topological polar surface area (TPSA) is 65.8 Å². The Morgan fingerprint density at radius 2 is 1.88 bits per heavy atom. The Labute approximate surface area is 197 Å². The summed E-state index contributed by atoms with van der Waals surface area (Å²) in [5, 5.41) is 5.63. The van der Waals surface area contributed by atoms with Gasteiger partial charge < -0.3 is 19.1 Å². The van der Waals surface area contributed by atoms with Crippen molar-refractivity contribution in [2.24, 2.45) is 0 Å². The van der Waals surface area contributed by atoms with Crippen LogP contribution < -0.4 is 4.74 Å². The van der Waals surface area contributed by atoms with Crippen molar-refractivity contribution in [1.29, 1.82) is 0 Å². The minimum atomic E-state index is -0.281. The quantitative estimate of drug-likeness (QED) is 0.551. The standard InChI is InChI=1S/C25H26ClN3O4/c1-2-32-23-6-4-3-5-22(23)29-24(17-7-9-18(26)10-8-17)20-15-19(16-21(20)27-29)33-25(30)28-11-13-31-14-12-28/h3-10,19H,2,11-16H2,1H3. The Balaban J connectivity index is 1.48. The molecule has 0 saturated carbocycles. The van der Waals surface area contributed by atoms with Crippen LogP contribution in [0.4, 0.5) is 4.79 Å². The zero-order chi connectivity index (χ0) is 22.8. The Hall–Kier alpha value is -3.03. The van der Waals surface area contributed by atoms with Crippen molar-refractivity contribution in [1.82, 2.24) is 14.7 Å². The first-order valence-electron chi connectivity index (χ1n) is 11.3. The van der Waals surface area contributed by atoms with Gasteiger partial charge in [0.05, 0.1) is 31.2 Å². The van der Waals surface area contributed by atoms with Crippen molar-refractivity contribution in [2.45, 2.75) is 25.9 Å². The van der Waals surface area contributed by atoms with E-state index in [1.54, 1.807) is 4.90 Å². The number of hydrogen-bond acceptors (Lipinski definition) is 5. The molecule has 1 atom stereocenters. The van der Waals surface area contributed by atoms with Crippen LogP contribution in [0.25, 0.3) is 16.9 Å². The van der Waals surface area contributed by atoms with Crippen LogP contribution in [0.1, 0.15) is 18.2 Å². The van der Waals surface area contributed by atoms with Gasteiger partial charge >= 0.3 is 6.09 Å². The number of morpholine rings is 1. The van der Waals surface area contributed by atoms with Gasteiger partial charge in [0.15, 0.2) is 0 Å². The summed E-state index contributed by atoms with van der Waals surface area (Å²) in [6, 6.07) is 15.6. The third-order valence-corrected chi connectivity index (χ3v) is 6.22. The third kappa shape index (κ3) is 4.43. The van der Waals surface area contributed by atoms with E-state index in [9.17, 15) is 4.79 Å². The van der Waals surface area contributed by atoms with Gasteiger partial charge in [-0.2, -0.15) is 5.10 Å². The number of amides is 1. The molecule has 1 fully saturated rings. The molecule has 1 aromatic heterocycles. The number of nitrogens with zero attached hydrogens (tertiary/aromatic N) is 3. The monoisotopic (exact) mass is 467 g/mol. The molecule has 0 radical (unpaired) electrons. The van der Waals surface area contributed by atoms with Gasteiger partial charge in [-0.25, -0.2) is 9.48 Å². The van der Waals surface area contributed by atoms with E-state index in [-0.39, 0.29) is 12.2 Å². The minimum Gasteiger partial charge on any atom is -0.492 e. The maximum atomic E-state index is 12.6. The van der Waals surface area contributed by atoms with E-state index in [4.69, 9.17) is 30.9 Å². The molecule has 7 nitrogen and oxygen atoms in total. The molecule has 0 bridgehead atoms. The zero-order valence-electron chi connectivity index (χ0n) is 18.5. The average molecular weight is 468 g/mol. The second-order valence-electron chi connectivity index (χ2n) is 8.11. The second-order valence-corrected chi connectivity index (χ2v) is 8.54. The minimum absolute atomic E-state index is 0.235. The van der Waals surface area contributed by atoms with E-state index < -0.39 is 0 Å². The molecule has 1 aliphatic heterocycles. The smallest absolute Gasteiger partial charge is 0.410 e. The van der Waals surface area contributed by atoms with Crippen molar-refractivity contribution < 1.29 is 19.0 Å². The molecule has 1 saturated heterocycles. The molecule has 0 spiro atoms. The lowest BCUT2D eigenvalue weighted by Crippen LogP contribution is -2.42. The highest BCUT2D eigenvalue weighted by Crippen LogP contribution is 2.37. The largest absolute Gasteiger partial charge is 0.492 e. The van der Waals surface area contributed by atoms with Crippen LogP contribution >= 0.6 is 11.6 Å². The van der Waals surface area contributed by atoms with Crippen molar-refractivity contribution >= 4 is 17.7 Å². The molecule has 5 rings (SSSR count). The molecular formula is C25H26ClN3O4. The van der Waals surface area contributed by atoms with E-state index in [2.05, 4.69) is 0 Å². The normalized spacial score (nSPS) is 17.6. The lowest BCUT2D eigenvalue weighted by Gasteiger charge is -2.27. The van der Waals surface area contributed by atoms with Gasteiger partial charge in [-0.3, -0.25) is 0 Å². The van der Waals surface area contributed by atoms with Gasteiger partial charge in [-0.1, -0.05) is 35.9 Å². The van der Waals surface area contributed by atoms with Crippen LogP contribution in [0, 0.1) is 0 Å². The van der Waals surface area contributed by atoms with Crippen LogP contribution in [-0.4, -0.2) is 59.8 Å². The zero-order valence-corrected chi connectivity index (χ0v) is 19.3. The van der Waals surface area contributed by atoms with Crippen LogP contribution in [-0.2, 0) is 22.3 Å². The molecule has 0 N–H and O–H groups in total. The number of halogens is 1.